The van der Waals surface area contributed by atoms with Crippen LogP contribution in [0.3, 0.4) is 0 Å². The molecule has 2 unspecified atom stereocenters. The maximum atomic E-state index is 13.7. The Kier molecular flexibility index (Phi) is 14.2. The van der Waals surface area contributed by atoms with Gasteiger partial charge < -0.3 is 24.8 Å². The summed E-state index contributed by atoms with van der Waals surface area (Å²) in [5.41, 5.74) is 4.33. The quantitative estimate of drug-likeness (QED) is 0.0330. The van der Waals surface area contributed by atoms with Gasteiger partial charge in [-0.15, -0.1) is 0 Å². The fourth-order valence-corrected chi connectivity index (χ4v) is 14.7. The molecule has 4 fully saturated rings. The number of para-hydroxylation sites is 1. The number of hydrogen-bond donors (Lipinski definition) is 4. The molecule has 1 amide bonds. The van der Waals surface area contributed by atoms with Gasteiger partial charge in [-0.1, -0.05) is 49.4 Å². The van der Waals surface area contributed by atoms with Crippen molar-refractivity contribution in [3.05, 3.63) is 88.9 Å². The van der Waals surface area contributed by atoms with Gasteiger partial charge in [0, 0.05) is 74.7 Å². The SMILES string of the molecule is Cc1c(-c2ccc(N3CCc4cccc(C(=O)Nc5nc6ccccc6s5)c4C3)nc2C(=O)O)cnn1CC12CC3(C)CC(C)(C1)CC(OCCN(CCNCCC(=O)OC(C)(C)C)CCS(=O)(=O)O)(C3)C2. The van der Waals surface area contributed by atoms with E-state index in [4.69, 9.17) is 19.6 Å². The lowest BCUT2D eigenvalue weighted by atomic mass is 9.39. The smallest absolute Gasteiger partial charge is 0.355 e. The van der Waals surface area contributed by atoms with Crippen LogP contribution in [0.15, 0.2) is 60.8 Å². The lowest BCUT2D eigenvalue weighted by Gasteiger charge is -2.69. The average Bonchev–Trinajstić information content (AvgIpc) is 3.86. The first-order chi connectivity index (χ1) is 34.0. The lowest BCUT2D eigenvalue weighted by Crippen LogP contribution is -2.64. The van der Waals surface area contributed by atoms with Crippen LogP contribution in [0.5, 0.6) is 0 Å². The maximum absolute atomic E-state index is 13.7. The monoisotopic (exact) mass is 1020 g/mol. The summed E-state index contributed by atoms with van der Waals surface area (Å²) in [7, 11) is -4.18. The number of rotatable bonds is 20. The van der Waals surface area contributed by atoms with Gasteiger partial charge in [0.25, 0.3) is 16.0 Å². The number of aromatic nitrogens is 4. The number of esters is 1. The highest BCUT2D eigenvalue weighted by atomic mass is 32.2. The van der Waals surface area contributed by atoms with Crippen LogP contribution in [0.25, 0.3) is 21.3 Å². The Balaban J connectivity index is 0.875. The molecule has 0 radical (unpaired) electrons. The molecule has 4 N–H and O–H groups in total. The Morgan fingerprint density at radius 1 is 0.903 bits per heavy atom. The molecule has 4 aliphatic carbocycles. The Morgan fingerprint density at radius 2 is 1.67 bits per heavy atom. The molecular weight excluding hydrogens is 957 g/mol. The Labute approximate surface area is 425 Å². The summed E-state index contributed by atoms with van der Waals surface area (Å²) in [6, 6.07) is 17.2. The molecule has 72 heavy (non-hydrogen) atoms. The average molecular weight is 1030 g/mol. The van der Waals surface area contributed by atoms with Gasteiger partial charge >= 0.3 is 11.9 Å². The van der Waals surface area contributed by atoms with Crippen LogP contribution in [0.4, 0.5) is 10.9 Å². The van der Waals surface area contributed by atoms with Crippen LogP contribution < -0.4 is 15.5 Å². The number of thiazole rings is 1. The third-order valence-electron chi connectivity index (χ3n) is 15.0. The highest BCUT2D eigenvalue weighted by Gasteiger charge is 2.66. The predicted octanol–water partition coefficient (Wildman–Crippen LogP) is 8.02. The topological polar surface area (TPSA) is 218 Å². The van der Waals surface area contributed by atoms with Gasteiger partial charge in [-0.3, -0.25) is 29.0 Å². The van der Waals surface area contributed by atoms with Gasteiger partial charge in [0.15, 0.2) is 10.8 Å². The Morgan fingerprint density at radius 3 is 2.39 bits per heavy atom. The molecule has 2 atom stereocenters. The van der Waals surface area contributed by atoms with Gasteiger partial charge in [0.1, 0.15) is 11.4 Å². The number of anilines is 2. The molecule has 5 aliphatic rings. The van der Waals surface area contributed by atoms with E-state index in [-0.39, 0.29) is 52.4 Å². The molecule has 19 heteroatoms. The maximum Gasteiger partial charge on any atom is 0.355 e. The van der Waals surface area contributed by atoms with Crippen molar-refractivity contribution in [1.82, 2.24) is 30.0 Å². The van der Waals surface area contributed by atoms with Crippen molar-refractivity contribution in [3.8, 4) is 11.1 Å². The number of carbonyl (C=O) groups is 3. The summed E-state index contributed by atoms with van der Waals surface area (Å²) in [5, 5.41) is 22.4. The molecule has 386 valence electrons. The molecule has 5 aromatic rings. The van der Waals surface area contributed by atoms with Crippen LogP contribution in [0.1, 0.15) is 117 Å². The van der Waals surface area contributed by atoms with Gasteiger partial charge in [-0.2, -0.15) is 13.5 Å². The van der Waals surface area contributed by atoms with Gasteiger partial charge in [0.05, 0.1) is 40.8 Å². The van der Waals surface area contributed by atoms with E-state index in [1.54, 1.807) is 6.20 Å². The number of nitrogens with zero attached hydrogens (tertiary/aromatic N) is 6. The summed E-state index contributed by atoms with van der Waals surface area (Å²) in [6.07, 6.45) is 8.49. The molecule has 4 heterocycles. The Bertz CT molecular complexity index is 2930. The number of amides is 1. The van der Waals surface area contributed by atoms with Crippen LogP contribution in [-0.2, 0) is 43.9 Å². The van der Waals surface area contributed by atoms with Gasteiger partial charge in [-0.05, 0) is 130 Å². The van der Waals surface area contributed by atoms with Crippen LogP contribution in [0.2, 0.25) is 0 Å². The number of benzene rings is 2. The molecule has 0 spiro atoms. The fourth-order valence-electron chi connectivity index (χ4n) is 13.3. The molecule has 1 aliphatic heterocycles. The van der Waals surface area contributed by atoms with E-state index in [9.17, 15) is 32.5 Å². The minimum absolute atomic E-state index is 0.0439. The zero-order valence-corrected chi connectivity index (χ0v) is 43.9. The van der Waals surface area contributed by atoms with Crippen molar-refractivity contribution in [2.75, 3.05) is 61.8 Å². The second-order valence-electron chi connectivity index (χ2n) is 22.7. The molecule has 10 rings (SSSR count). The second-order valence-corrected chi connectivity index (χ2v) is 25.3. The Hall–Kier alpha value is -5.31. The number of hydrogen-bond acceptors (Lipinski definition) is 14. The van der Waals surface area contributed by atoms with Gasteiger partial charge in [-0.25, -0.2) is 14.8 Å². The molecular formula is C53H68N8O9S2. The lowest BCUT2D eigenvalue weighted by molar-refractivity contribution is -0.248. The van der Waals surface area contributed by atoms with Crippen LogP contribution >= 0.6 is 11.3 Å². The number of ether oxygens (including phenoxy) is 2. The number of aromatic carboxylic acids is 1. The highest BCUT2D eigenvalue weighted by molar-refractivity contribution is 7.85. The summed E-state index contributed by atoms with van der Waals surface area (Å²) < 4.78 is 48.6. The molecule has 17 nitrogen and oxygen atoms in total. The van der Waals surface area contributed by atoms with Crippen LogP contribution in [-0.4, -0.2) is 123 Å². The minimum atomic E-state index is -4.18. The van der Waals surface area contributed by atoms with E-state index in [0.717, 1.165) is 65.6 Å². The zero-order valence-electron chi connectivity index (χ0n) is 42.3. The minimum Gasteiger partial charge on any atom is -0.476 e. The van der Waals surface area contributed by atoms with E-state index in [0.29, 0.717) is 86.5 Å². The molecule has 3 aromatic heterocycles. The normalized spacial score (nSPS) is 23.7. The van der Waals surface area contributed by atoms with Crippen LogP contribution in [0, 0.1) is 23.2 Å². The first-order valence-electron chi connectivity index (χ1n) is 25.0. The predicted molar refractivity (Wildman–Crippen MR) is 277 cm³/mol. The number of carboxylic acids is 1. The largest absolute Gasteiger partial charge is 0.476 e. The first-order valence-corrected chi connectivity index (χ1v) is 27.5. The first kappa shape index (κ1) is 51.6. The summed E-state index contributed by atoms with van der Waals surface area (Å²) in [5.74, 6) is -1.55. The van der Waals surface area contributed by atoms with Gasteiger partial charge in [0.2, 0.25) is 0 Å². The van der Waals surface area contributed by atoms with Crippen molar-refractivity contribution < 1.29 is 41.9 Å². The summed E-state index contributed by atoms with van der Waals surface area (Å²) in [4.78, 5) is 52.3. The van der Waals surface area contributed by atoms with Crippen molar-refractivity contribution in [1.29, 1.82) is 0 Å². The number of carbonyl (C=O) groups excluding carboxylic acids is 2. The van der Waals surface area contributed by atoms with Crippen molar-refractivity contribution >= 4 is 60.5 Å². The highest BCUT2D eigenvalue weighted by Crippen LogP contribution is 2.72. The van der Waals surface area contributed by atoms with Crippen molar-refractivity contribution in [3.63, 3.8) is 0 Å². The van der Waals surface area contributed by atoms with E-state index in [1.165, 1.54) is 11.3 Å². The molecule has 2 aromatic carbocycles. The zero-order chi connectivity index (χ0) is 51.3. The third kappa shape index (κ3) is 11.7. The third-order valence-corrected chi connectivity index (χ3v) is 16.6. The number of pyridine rings is 1. The molecule has 4 saturated carbocycles. The summed E-state index contributed by atoms with van der Waals surface area (Å²) in [6.45, 7) is 16.3. The fraction of sp³-hybridized carbons (Fsp3) is 0.547. The number of nitrogens with one attached hydrogen (secondary N) is 2. The van der Waals surface area contributed by atoms with Crippen molar-refractivity contribution in [2.45, 2.75) is 117 Å². The standard InChI is InChI=1S/C53H68N8O9S2/c1-35-39(37-14-15-43(57-45(37)47(64)65)60-20-17-36-10-9-11-38(40(36)27-60)46(63)58-48-56-41-12-7-8-13-42(41)71-48)26-55-61(35)34-52-29-50(5)28-51(6,30-52)32-53(31-50,33-52)69-24-22-59(23-25-72(66,67)68)21-19-54-18-16-44(62)70-49(2,3)4/h7-15,26,54H,16-25,27-34H2,1-6H3,(H,64,65)(H,56,58,63)(H,66,67,68). The number of fused-ring (bicyclic) bond motifs is 2. The number of carboxylic acid groups (broad SMARTS) is 1. The van der Waals surface area contributed by atoms with E-state index in [1.807, 2.05) is 96.8 Å². The molecule has 4 bridgehead atoms. The van der Waals surface area contributed by atoms with E-state index < -0.39 is 27.4 Å². The molecule has 0 saturated heterocycles. The van der Waals surface area contributed by atoms with Crippen molar-refractivity contribution in [2.24, 2.45) is 16.2 Å². The summed E-state index contributed by atoms with van der Waals surface area (Å²) >= 11 is 1.42. The van der Waals surface area contributed by atoms with E-state index >= 15 is 0 Å². The second kappa shape index (κ2) is 19.8. The van der Waals surface area contributed by atoms with E-state index in [2.05, 4.69) is 29.5 Å².